The number of fused-ring (bicyclic) bond motifs is 1. The highest BCUT2D eigenvalue weighted by atomic mass is 32.2. The van der Waals surface area contributed by atoms with E-state index in [0.29, 0.717) is 25.8 Å². The van der Waals surface area contributed by atoms with E-state index in [-0.39, 0.29) is 46.9 Å². The standard InChI is InChI=1S/C39H62N6O7S2/c1-10-12-17-26(31(46)34(48)40-21-11-2)41-33(47)30-29-25(38(29,6)7)23-45(30)35(49)32(39(8)19-14-13-15-20-39)43-36(50)42-27(37(3,4)5)24-44(9)54(51,52)28-18-16-22-53-28/h11,16,18,22,25-27,29-30,32H,2,10,12-15,17,19-21,23-24H2,1,3-9H3,(H,40,48)(H,41,47)(H2,42,43,50)/t25-,26?,27+,29-,30-,32+/m0/s1. The van der Waals surface area contributed by atoms with Gasteiger partial charge in [0.05, 0.1) is 6.04 Å². The van der Waals surface area contributed by atoms with Gasteiger partial charge in [0.25, 0.3) is 15.9 Å². The Morgan fingerprint density at radius 2 is 1.74 bits per heavy atom. The number of rotatable bonds is 17. The highest BCUT2D eigenvalue weighted by molar-refractivity contribution is 7.91. The number of carbonyl (C=O) groups excluding carboxylic acids is 5. The molecule has 13 nitrogen and oxygen atoms in total. The molecule has 3 fully saturated rings. The molecular weight excluding hydrogens is 729 g/mol. The van der Waals surface area contributed by atoms with Gasteiger partial charge in [-0.1, -0.05) is 92.7 Å². The van der Waals surface area contributed by atoms with E-state index in [1.807, 2.05) is 34.6 Å². The normalized spacial score (nSPS) is 23.4. The third-order valence-corrected chi connectivity index (χ3v) is 15.2. The summed E-state index contributed by atoms with van der Waals surface area (Å²) in [6.45, 7) is 17.9. The van der Waals surface area contributed by atoms with Crippen LogP contribution in [0.25, 0.3) is 0 Å². The van der Waals surface area contributed by atoms with Crippen LogP contribution in [0.3, 0.4) is 0 Å². The number of sulfonamides is 1. The molecule has 1 saturated heterocycles. The molecular formula is C39H62N6O7S2. The number of carbonyl (C=O) groups is 5. The van der Waals surface area contributed by atoms with E-state index in [2.05, 4.69) is 41.7 Å². The molecule has 4 N–H and O–H groups in total. The lowest BCUT2D eigenvalue weighted by atomic mass is 9.70. The number of Topliss-reactive ketones (excluding diaryl/α,β-unsaturated/α-hetero) is 1. The number of likely N-dealkylation sites (N-methyl/N-ethyl adjacent to an activating group) is 1. The quantitative estimate of drug-likeness (QED) is 0.133. The van der Waals surface area contributed by atoms with Crippen LogP contribution in [-0.4, -0.2) is 98.0 Å². The molecule has 3 aliphatic rings. The van der Waals surface area contributed by atoms with Gasteiger partial charge >= 0.3 is 6.03 Å². The van der Waals surface area contributed by atoms with Gasteiger partial charge in [-0.2, -0.15) is 4.31 Å². The van der Waals surface area contributed by atoms with E-state index >= 15 is 0 Å². The first-order valence-electron chi connectivity index (χ1n) is 19.3. The lowest BCUT2D eigenvalue weighted by Crippen LogP contribution is -2.63. The number of likely N-dealkylation sites (tertiary alicyclic amines) is 1. The van der Waals surface area contributed by atoms with Gasteiger partial charge in [-0.25, -0.2) is 13.2 Å². The summed E-state index contributed by atoms with van der Waals surface area (Å²) < 4.78 is 28.0. The van der Waals surface area contributed by atoms with Crippen molar-refractivity contribution in [1.29, 1.82) is 0 Å². The number of amides is 5. The average molecular weight is 791 g/mol. The zero-order valence-corrected chi connectivity index (χ0v) is 35.0. The molecule has 0 radical (unpaired) electrons. The molecule has 1 aromatic heterocycles. The number of hydrogen-bond acceptors (Lipinski definition) is 8. The predicted molar refractivity (Wildman–Crippen MR) is 210 cm³/mol. The molecule has 0 spiro atoms. The molecule has 1 aromatic rings. The maximum Gasteiger partial charge on any atom is 0.315 e. The summed E-state index contributed by atoms with van der Waals surface area (Å²) >= 11 is 1.12. The summed E-state index contributed by atoms with van der Waals surface area (Å²) in [6, 6.07) is -0.894. The second-order valence-corrected chi connectivity index (χ2v) is 20.6. The number of nitrogens with zero attached hydrogens (tertiary/aromatic N) is 2. The number of urea groups is 1. The van der Waals surface area contributed by atoms with E-state index in [4.69, 9.17) is 0 Å². The second kappa shape index (κ2) is 17.2. The van der Waals surface area contributed by atoms with Crippen LogP contribution in [0.15, 0.2) is 34.4 Å². The van der Waals surface area contributed by atoms with E-state index in [1.165, 1.54) is 17.4 Å². The molecule has 2 heterocycles. The Bertz CT molecular complexity index is 1650. The van der Waals surface area contributed by atoms with E-state index in [9.17, 15) is 32.4 Å². The minimum absolute atomic E-state index is 0.00335. The van der Waals surface area contributed by atoms with Crippen molar-refractivity contribution in [3.63, 3.8) is 0 Å². The van der Waals surface area contributed by atoms with Crippen LogP contribution in [0, 0.1) is 28.1 Å². The number of piperidine rings is 1. The number of hydrogen-bond donors (Lipinski definition) is 4. The van der Waals surface area contributed by atoms with E-state index in [0.717, 1.165) is 37.0 Å². The molecule has 1 aliphatic heterocycles. The van der Waals surface area contributed by atoms with Gasteiger partial charge in [-0.3, -0.25) is 19.2 Å². The molecule has 6 atom stereocenters. The second-order valence-electron chi connectivity index (χ2n) is 17.4. The number of ketones is 1. The number of unbranched alkanes of at least 4 members (excludes halogenated alkanes) is 1. The molecule has 302 valence electrons. The lowest BCUT2D eigenvalue weighted by Gasteiger charge is -2.43. The van der Waals surface area contributed by atoms with Gasteiger partial charge in [0.2, 0.25) is 17.6 Å². The highest BCUT2D eigenvalue weighted by Crippen LogP contribution is 2.65. The Morgan fingerprint density at radius 3 is 2.31 bits per heavy atom. The summed E-state index contributed by atoms with van der Waals surface area (Å²) in [4.78, 5) is 70.6. The van der Waals surface area contributed by atoms with Gasteiger partial charge in [0.1, 0.15) is 16.3 Å². The fourth-order valence-electron chi connectivity index (χ4n) is 8.29. The maximum absolute atomic E-state index is 14.9. The average Bonchev–Trinajstić information content (AvgIpc) is 3.57. The molecule has 4 rings (SSSR count). The van der Waals surface area contributed by atoms with Crippen LogP contribution < -0.4 is 21.3 Å². The summed E-state index contributed by atoms with van der Waals surface area (Å²) in [5.74, 6) is -2.48. The van der Waals surface area contributed by atoms with Crippen molar-refractivity contribution in [3.8, 4) is 0 Å². The fourth-order valence-corrected chi connectivity index (χ4v) is 10.7. The van der Waals surface area contributed by atoms with Crippen LogP contribution in [0.2, 0.25) is 0 Å². The molecule has 15 heteroatoms. The van der Waals surface area contributed by atoms with Crippen molar-refractivity contribution in [2.45, 2.75) is 128 Å². The van der Waals surface area contributed by atoms with Crippen LogP contribution >= 0.6 is 11.3 Å². The maximum atomic E-state index is 14.9. The topological polar surface area (TPSA) is 174 Å². The Kier molecular flexibility index (Phi) is 13.9. The SMILES string of the molecule is C=CCNC(=O)C(=O)C(CCCC)NC(=O)[C@@H]1[C@@H]2[C@H](CN1C(=O)[C@@H](NC(=O)N[C@H](CN(C)S(=O)(=O)c1cccs1)C(C)(C)C)C1(C)CCCCC1)C2(C)C. The third kappa shape index (κ3) is 9.55. The first kappa shape index (κ1) is 43.4. The molecule has 2 saturated carbocycles. The molecule has 0 aromatic carbocycles. The lowest BCUT2D eigenvalue weighted by molar-refractivity contribution is -0.146. The van der Waals surface area contributed by atoms with Gasteiger partial charge < -0.3 is 26.2 Å². The summed E-state index contributed by atoms with van der Waals surface area (Å²) in [5, 5.41) is 13.1. The third-order valence-electron chi connectivity index (χ3n) is 12.0. The largest absolute Gasteiger partial charge is 0.346 e. The Hall–Kier alpha value is -3.30. The van der Waals surface area contributed by atoms with Crippen LogP contribution in [0.5, 0.6) is 0 Å². The molecule has 0 bridgehead atoms. The molecule has 2 aliphatic carbocycles. The van der Waals surface area contributed by atoms with Crippen molar-refractivity contribution < 1.29 is 32.4 Å². The minimum Gasteiger partial charge on any atom is -0.346 e. The Labute approximate surface area is 325 Å². The monoisotopic (exact) mass is 790 g/mol. The number of thiophene rings is 1. The van der Waals surface area contributed by atoms with Crippen molar-refractivity contribution in [2.24, 2.45) is 28.1 Å². The summed E-state index contributed by atoms with van der Waals surface area (Å²) in [6.07, 6.45) is 7.30. The Morgan fingerprint density at radius 1 is 1.07 bits per heavy atom. The van der Waals surface area contributed by atoms with Gasteiger partial charge in [-0.05, 0) is 58.8 Å². The van der Waals surface area contributed by atoms with E-state index in [1.54, 1.807) is 22.4 Å². The Balaban J connectivity index is 1.59. The van der Waals surface area contributed by atoms with Gasteiger partial charge in [0, 0.05) is 32.7 Å². The van der Waals surface area contributed by atoms with Crippen molar-refractivity contribution in [2.75, 3.05) is 26.7 Å². The first-order valence-corrected chi connectivity index (χ1v) is 21.6. The van der Waals surface area contributed by atoms with Crippen molar-refractivity contribution >= 4 is 50.9 Å². The minimum atomic E-state index is -3.78. The van der Waals surface area contributed by atoms with Gasteiger partial charge in [0.15, 0.2) is 0 Å². The first-order chi connectivity index (χ1) is 25.2. The zero-order chi connectivity index (χ0) is 40.2. The fraction of sp³-hybridized carbons (Fsp3) is 0.718. The number of nitrogens with one attached hydrogen (secondary N) is 4. The molecule has 5 amide bonds. The summed E-state index contributed by atoms with van der Waals surface area (Å²) in [5.41, 5.74) is -1.37. The van der Waals surface area contributed by atoms with Crippen molar-refractivity contribution in [1.82, 2.24) is 30.5 Å². The van der Waals surface area contributed by atoms with E-state index < -0.39 is 68.6 Å². The summed E-state index contributed by atoms with van der Waals surface area (Å²) in [7, 11) is -2.29. The smallest absolute Gasteiger partial charge is 0.315 e. The molecule has 1 unspecified atom stereocenters. The van der Waals surface area contributed by atoms with Crippen LogP contribution in [0.4, 0.5) is 4.79 Å². The zero-order valence-electron chi connectivity index (χ0n) is 33.3. The van der Waals surface area contributed by atoms with Crippen molar-refractivity contribution in [3.05, 3.63) is 30.2 Å². The highest BCUT2D eigenvalue weighted by Gasteiger charge is 2.70. The van der Waals surface area contributed by atoms with Gasteiger partial charge in [-0.15, -0.1) is 17.9 Å². The van der Waals surface area contributed by atoms with Crippen LogP contribution in [-0.2, 0) is 29.2 Å². The molecule has 54 heavy (non-hydrogen) atoms. The predicted octanol–water partition coefficient (Wildman–Crippen LogP) is 4.45. The van der Waals surface area contributed by atoms with Crippen LogP contribution in [0.1, 0.15) is 99.8 Å².